The quantitative estimate of drug-likeness (QED) is 0.740. The van der Waals surface area contributed by atoms with E-state index in [0.717, 1.165) is 36.7 Å². The third-order valence-electron chi connectivity index (χ3n) is 4.23. The maximum Gasteiger partial charge on any atom is 0.163 e. The number of hydrogen-bond acceptors (Lipinski definition) is 5. The molecular weight excluding hydrogens is 290 g/mol. The van der Waals surface area contributed by atoms with E-state index in [1.807, 2.05) is 23.7 Å². The third kappa shape index (κ3) is 2.95. The highest BCUT2D eigenvalue weighted by Crippen LogP contribution is 2.21. The van der Waals surface area contributed by atoms with Crippen LogP contribution in [0.4, 0.5) is 0 Å². The van der Waals surface area contributed by atoms with Crippen LogP contribution in [0.2, 0.25) is 0 Å². The van der Waals surface area contributed by atoms with E-state index in [-0.39, 0.29) is 6.10 Å². The fourth-order valence-electron chi connectivity index (χ4n) is 3.01. The SMILES string of the molecule is Cn1cnnc1[C@@H]1CN(Cc2ccc3ccccc3n2)CCO1. The first-order valence-electron chi connectivity index (χ1n) is 7.82. The summed E-state index contributed by atoms with van der Waals surface area (Å²) in [5, 5.41) is 9.29. The zero-order valence-electron chi connectivity index (χ0n) is 13.1. The van der Waals surface area contributed by atoms with Crippen LogP contribution < -0.4 is 0 Å². The number of aryl methyl sites for hydroxylation is 1. The summed E-state index contributed by atoms with van der Waals surface area (Å²) in [4.78, 5) is 7.12. The van der Waals surface area contributed by atoms with Gasteiger partial charge in [0.25, 0.3) is 0 Å². The number of ether oxygens (including phenoxy) is 1. The third-order valence-corrected chi connectivity index (χ3v) is 4.23. The van der Waals surface area contributed by atoms with E-state index in [1.54, 1.807) is 6.33 Å². The van der Waals surface area contributed by atoms with Crippen LogP contribution in [-0.4, -0.2) is 44.3 Å². The van der Waals surface area contributed by atoms with Crippen molar-refractivity contribution in [2.75, 3.05) is 19.7 Å². The molecule has 0 unspecified atom stereocenters. The van der Waals surface area contributed by atoms with E-state index in [4.69, 9.17) is 9.72 Å². The Balaban J connectivity index is 1.50. The van der Waals surface area contributed by atoms with Gasteiger partial charge in [-0.1, -0.05) is 24.3 Å². The van der Waals surface area contributed by atoms with Crippen molar-refractivity contribution in [1.82, 2.24) is 24.6 Å². The van der Waals surface area contributed by atoms with E-state index >= 15 is 0 Å². The highest BCUT2D eigenvalue weighted by molar-refractivity contribution is 5.78. The summed E-state index contributed by atoms with van der Waals surface area (Å²) in [7, 11) is 1.95. The van der Waals surface area contributed by atoms with Gasteiger partial charge in [0.2, 0.25) is 0 Å². The summed E-state index contributed by atoms with van der Waals surface area (Å²) in [5.41, 5.74) is 2.13. The molecule has 1 aliphatic heterocycles. The molecule has 0 bridgehead atoms. The summed E-state index contributed by atoms with van der Waals surface area (Å²) in [6, 6.07) is 12.5. The van der Waals surface area contributed by atoms with Crippen LogP contribution in [0, 0.1) is 0 Å². The first-order chi connectivity index (χ1) is 11.3. The molecule has 1 saturated heterocycles. The number of pyridine rings is 1. The Kier molecular flexibility index (Phi) is 3.77. The molecule has 3 heterocycles. The minimum Gasteiger partial charge on any atom is -0.368 e. The second-order valence-corrected chi connectivity index (χ2v) is 5.89. The first-order valence-corrected chi connectivity index (χ1v) is 7.82. The fraction of sp³-hybridized carbons (Fsp3) is 0.353. The number of aromatic nitrogens is 4. The molecule has 6 heteroatoms. The van der Waals surface area contributed by atoms with Crippen LogP contribution in [-0.2, 0) is 18.3 Å². The van der Waals surface area contributed by atoms with Gasteiger partial charge in [-0.15, -0.1) is 10.2 Å². The van der Waals surface area contributed by atoms with Crippen molar-refractivity contribution >= 4 is 10.9 Å². The van der Waals surface area contributed by atoms with Crippen LogP contribution in [0.25, 0.3) is 10.9 Å². The molecule has 0 amide bonds. The minimum atomic E-state index is -0.0308. The molecule has 0 radical (unpaired) electrons. The molecule has 23 heavy (non-hydrogen) atoms. The number of nitrogens with zero attached hydrogens (tertiary/aromatic N) is 5. The summed E-state index contributed by atoms with van der Waals surface area (Å²) in [6.45, 7) is 3.23. The molecule has 1 aromatic carbocycles. The van der Waals surface area contributed by atoms with Crippen molar-refractivity contribution in [3.63, 3.8) is 0 Å². The Labute approximate surface area is 134 Å². The number of benzene rings is 1. The molecule has 3 aromatic rings. The van der Waals surface area contributed by atoms with Crippen molar-refractivity contribution in [3.05, 3.63) is 54.2 Å². The van der Waals surface area contributed by atoms with Gasteiger partial charge in [-0.05, 0) is 12.1 Å². The van der Waals surface area contributed by atoms with Crippen molar-refractivity contribution in [2.45, 2.75) is 12.6 Å². The predicted octanol–water partition coefficient (Wildman–Crippen LogP) is 1.94. The van der Waals surface area contributed by atoms with Gasteiger partial charge in [0, 0.05) is 32.1 Å². The van der Waals surface area contributed by atoms with Gasteiger partial charge in [0.05, 0.1) is 17.8 Å². The van der Waals surface area contributed by atoms with Crippen molar-refractivity contribution in [2.24, 2.45) is 7.05 Å². The van der Waals surface area contributed by atoms with E-state index in [9.17, 15) is 0 Å². The van der Waals surface area contributed by atoms with Gasteiger partial charge >= 0.3 is 0 Å². The molecule has 1 aliphatic rings. The topological polar surface area (TPSA) is 56.1 Å². The Morgan fingerprint density at radius 1 is 1.22 bits per heavy atom. The molecule has 2 aromatic heterocycles. The summed E-state index contributed by atoms with van der Waals surface area (Å²) in [6.07, 6.45) is 1.68. The van der Waals surface area contributed by atoms with E-state index in [2.05, 4.69) is 39.4 Å². The number of fused-ring (bicyclic) bond motifs is 1. The molecule has 0 saturated carbocycles. The zero-order chi connectivity index (χ0) is 15.6. The van der Waals surface area contributed by atoms with E-state index in [1.165, 1.54) is 5.39 Å². The predicted molar refractivity (Wildman–Crippen MR) is 86.7 cm³/mol. The second kappa shape index (κ2) is 6.06. The molecular formula is C17H19N5O. The molecule has 0 spiro atoms. The highest BCUT2D eigenvalue weighted by Gasteiger charge is 2.25. The zero-order valence-corrected chi connectivity index (χ0v) is 13.1. The smallest absolute Gasteiger partial charge is 0.163 e. The summed E-state index contributed by atoms with van der Waals surface area (Å²) >= 11 is 0. The van der Waals surface area contributed by atoms with E-state index in [0.29, 0.717) is 6.61 Å². The Morgan fingerprint density at radius 3 is 3.00 bits per heavy atom. The van der Waals surface area contributed by atoms with Crippen LogP contribution in [0.15, 0.2) is 42.7 Å². The Bertz CT molecular complexity index is 815. The number of para-hydroxylation sites is 1. The highest BCUT2D eigenvalue weighted by atomic mass is 16.5. The molecule has 0 N–H and O–H groups in total. The molecule has 0 aliphatic carbocycles. The van der Waals surface area contributed by atoms with Gasteiger partial charge in [-0.25, -0.2) is 0 Å². The Morgan fingerprint density at radius 2 is 2.13 bits per heavy atom. The normalized spacial score (nSPS) is 19.3. The number of rotatable bonds is 3. The standard InChI is InChI=1S/C17H19N5O/c1-21-12-18-20-17(21)16-11-22(8-9-23-16)10-14-7-6-13-4-2-3-5-15(13)19-14/h2-7,12,16H,8-11H2,1H3/t16-/m0/s1. The average molecular weight is 309 g/mol. The lowest BCUT2D eigenvalue weighted by atomic mass is 10.2. The molecule has 1 atom stereocenters. The van der Waals surface area contributed by atoms with Crippen LogP contribution >= 0.6 is 0 Å². The van der Waals surface area contributed by atoms with Gasteiger partial charge in [0.1, 0.15) is 12.4 Å². The molecule has 4 rings (SSSR count). The van der Waals surface area contributed by atoms with Crippen LogP contribution in [0.3, 0.4) is 0 Å². The lowest BCUT2D eigenvalue weighted by Gasteiger charge is -2.32. The Hall–Kier alpha value is -2.31. The average Bonchev–Trinajstić information content (AvgIpc) is 3.01. The van der Waals surface area contributed by atoms with Gasteiger partial charge < -0.3 is 9.30 Å². The monoisotopic (exact) mass is 309 g/mol. The van der Waals surface area contributed by atoms with Crippen molar-refractivity contribution < 1.29 is 4.74 Å². The lowest BCUT2D eigenvalue weighted by Crippen LogP contribution is -2.38. The number of morpholine rings is 1. The molecule has 6 nitrogen and oxygen atoms in total. The maximum absolute atomic E-state index is 5.86. The molecule has 1 fully saturated rings. The fourth-order valence-corrected chi connectivity index (χ4v) is 3.01. The van der Waals surface area contributed by atoms with Crippen molar-refractivity contribution in [3.8, 4) is 0 Å². The summed E-state index contributed by atoms with van der Waals surface area (Å²) in [5.74, 6) is 0.876. The first kappa shape index (κ1) is 14.3. The van der Waals surface area contributed by atoms with Crippen molar-refractivity contribution in [1.29, 1.82) is 0 Å². The minimum absolute atomic E-state index is 0.0308. The number of hydrogen-bond donors (Lipinski definition) is 0. The lowest BCUT2D eigenvalue weighted by molar-refractivity contribution is -0.0388. The van der Waals surface area contributed by atoms with Gasteiger partial charge in [-0.2, -0.15) is 0 Å². The van der Waals surface area contributed by atoms with Gasteiger partial charge in [0.15, 0.2) is 5.82 Å². The van der Waals surface area contributed by atoms with Crippen LogP contribution in [0.1, 0.15) is 17.6 Å². The van der Waals surface area contributed by atoms with Crippen LogP contribution in [0.5, 0.6) is 0 Å². The second-order valence-electron chi connectivity index (χ2n) is 5.89. The van der Waals surface area contributed by atoms with Gasteiger partial charge in [-0.3, -0.25) is 9.88 Å². The largest absolute Gasteiger partial charge is 0.368 e. The maximum atomic E-state index is 5.86. The van der Waals surface area contributed by atoms with E-state index < -0.39 is 0 Å². The molecule has 118 valence electrons. The summed E-state index contributed by atoms with van der Waals surface area (Å²) < 4.78 is 7.78.